The first-order valence-corrected chi connectivity index (χ1v) is 8.62. The minimum absolute atomic E-state index is 0.227. The Balaban J connectivity index is 1.55. The molecule has 4 atom stereocenters. The molecular weight excluding hydrogens is 258 g/mol. The van der Waals surface area contributed by atoms with Crippen LogP contribution in [0, 0.1) is 23.7 Å². The molecule has 2 nitrogen and oxygen atoms in total. The summed E-state index contributed by atoms with van der Waals surface area (Å²) < 4.78 is 0. The molecule has 1 aromatic carbocycles. The van der Waals surface area contributed by atoms with Gasteiger partial charge in [-0.25, -0.2) is 0 Å². The highest BCUT2D eigenvalue weighted by atomic mass is 16.1. The Kier molecular flexibility index (Phi) is 4.62. The van der Waals surface area contributed by atoms with E-state index in [1.807, 2.05) is 30.3 Å². The van der Waals surface area contributed by atoms with Gasteiger partial charge in [-0.05, 0) is 62.0 Å². The van der Waals surface area contributed by atoms with Crippen molar-refractivity contribution in [3.63, 3.8) is 0 Å². The van der Waals surface area contributed by atoms with E-state index in [1.165, 1.54) is 32.1 Å². The van der Waals surface area contributed by atoms with E-state index < -0.39 is 0 Å². The van der Waals surface area contributed by atoms with Crippen LogP contribution in [-0.4, -0.2) is 5.91 Å². The third-order valence-electron chi connectivity index (χ3n) is 5.71. The molecule has 0 aliphatic heterocycles. The summed E-state index contributed by atoms with van der Waals surface area (Å²) in [7, 11) is 0. The van der Waals surface area contributed by atoms with Crippen molar-refractivity contribution >= 4 is 11.6 Å². The summed E-state index contributed by atoms with van der Waals surface area (Å²) in [6, 6.07) is 9.86. The van der Waals surface area contributed by atoms with Crippen molar-refractivity contribution in [2.75, 3.05) is 5.32 Å². The van der Waals surface area contributed by atoms with Gasteiger partial charge in [0.05, 0.1) is 0 Å². The fourth-order valence-electron chi connectivity index (χ4n) is 4.36. The molecule has 2 saturated carbocycles. The fourth-order valence-corrected chi connectivity index (χ4v) is 4.36. The maximum atomic E-state index is 12.5. The third-order valence-corrected chi connectivity index (χ3v) is 5.71. The zero-order valence-corrected chi connectivity index (χ0v) is 13.1. The van der Waals surface area contributed by atoms with E-state index >= 15 is 0 Å². The molecule has 2 unspecified atom stereocenters. The van der Waals surface area contributed by atoms with Gasteiger partial charge in [-0.2, -0.15) is 0 Å². The van der Waals surface area contributed by atoms with Crippen LogP contribution in [0.15, 0.2) is 30.3 Å². The SMILES string of the molecule is CCC1CCC2C[C@H](C(=O)Nc3ccccc3)CC[C@@H]2C1. The van der Waals surface area contributed by atoms with Crippen molar-refractivity contribution in [2.24, 2.45) is 23.7 Å². The summed E-state index contributed by atoms with van der Waals surface area (Å²) >= 11 is 0. The van der Waals surface area contributed by atoms with Gasteiger partial charge in [0, 0.05) is 11.6 Å². The summed E-state index contributed by atoms with van der Waals surface area (Å²) in [6.07, 6.45) is 8.92. The fraction of sp³-hybridized carbons (Fsp3) is 0.632. The summed E-state index contributed by atoms with van der Waals surface area (Å²) in [6.45, 7) is 2.32. The van der Waals surface area contributed by atoms with Crippen LogP contribution in [0.25, 0.3) is 0 Å². The standard InChI is InChI=1S/C19H27NO/c1-2-14-8-9-16-13-17(11-10-15(16)12-14)19(21)20-18-6-4-3-5-7-18/h3-7,14-17H,2,8-13H2,1H3,(H,20,21)/t14?,15-,16?,17-/m1/s1. The zero-order chi connectivity index (χ0) is 14.7. The van der Waals surface area contributed by atoms with Gasteiger partial charge in [0.2, 0.25) is 5.91 Å². The van der Waals surface area contributed by atoms with Crippen molar-refractivity contribution < 1.29 is 4.79 Å². The Bertz CT molecular complexity index is 470. The molecule has 21 heavy (non-hydrogen) atoms. The molecule has 0 saturated heterocycles. The van der Waals surface area contributed by atoms with E-state index in [0.29, 0.717) is 0 Å². The van der Waals surface area contributed by atoms with Gasteiger partial charge in [-0.3, -0.25) is 4.79 Å². The highest BCUT2D eigenvalue weighted by Crippen LogP contribution is 2.45. The van der Waals surface area contributed by atoms with E-state index in [9.17, 15) is 4.79 Å². The van der Waals surface area contributed by atoms with E-state index in [4.69, 9.17) is 0 Å². The minimum Gasteiger partial charge on any atom is -0.326 e. The van der Waals surface area contributed by atoms with E-state index in [-0.39, 0.29) is 11.8 Å². The average Bonchev–Trinajstić information content (AvgIpc) is 2.54. The molecule has 2 fully saturated rings. The molecule has 1 amide bonds. The van der Waals surface area contributed by atoms with Gasteiger partial charge in [0.25, 0.3) is 0 Å². The largest absolute Gasteiger partial charge is 0.326 e. The number of hydrogen-bond acceptors (Lipinski definition) is 1. The van der Waals surface area contributed by atoms with Gasteiger partial charge in [-0.1, -0.05) is 38.0 Å². The maximum Gasteiger partial charge on any atom is 0.227 e. The lowest BCUT2D eigenvalue weighted by Gasteiger charge is -2.41. The van der Waals surface area contributed by atoms with Crippen LogP contribution in [0.4, 0.5) is 5.69 Å². The molecule has 114 valence electrons. The number of rotatable bonds is 3. The second-order valence-electron chi connectivity index (χ2n) is 6.97. The molecule has 0 heterocycles. The molecule has 2 aliphatic rings. The second kappa shape index (κ2) is 6.64. The van der Waals surface area contributed by atoms with Crippen LogP contribution in [0.5, 0.6) is 0 Å². The highest BCUT2D eigenvalue weighted by molar-refractivity contribution is 5.92. The van der Waals surface area contributed by atoms with Gasteiger partial charge in [-0.15, -0.1) is 0 Å². The highest BCUT2D eigenvalue weighted by Gasteiger charge is 2.37. The predicted molar refractivity (Wildman–Crippen MR) is 87.0 cm³/mol. The third kappa shape index (κ3) is 3.48. The number of carbonyl (C=O) groups is 1. The molecule has 1 N–H and O–H groups in total. The lowest BCUT2D eigenvalue weighted by Crippen LogP contribution is -2.35. The van der Waals surface area contributed by atoms with Crippen molar-refractivity contribution in [1.29, 1.82) is 0 Å². The maximum absolute atomic E-state index is 12.5. The first kappa shape index (κ1) is 14.6. The molecule has 0 radical (unpaired) electrons. The van der Waals surface area contributed by atoms with Gasteiger partial charge in [0.15, 0.2) is 0 Å². The van der Waals surface area contributed by atoms with Crippen LogP contribution in [0.3, 0.4) is 0 Å². The summed E-state index contributed by atoms with van der Waals surface area (Å²) in [5.74, 6) is 3.10. The average molecular weight is 285 g/mol. The number of anilines is 1. The van der Waals surface area contributed by atoms with Crippen LogP contribution in [0.2, 0.25) is 0 Å². The number of hydrogen-bond donors (Lipinski definition) is 1. The van der Waals surface area contributed by atoms with E-state index in [0.717, 1.165) is 36.3 Å². The van der Waals surface area contributed by atoms with Crippen LogP contribution in [-0.2, 0) is 4.79 Å². The van der Waals surface area contributed by atoms with Gasteiger partial charge < -0.3 is 5.32 Å². The smallest absolute Gasteiger partial charge is 0.227 e. The summed E-state index contributed by atoms with van der Waals surface area (Å²) in [5, 5.41) is 3.09. The van der Waals surface area contributed by atoms with Crippen molar-refractivity contribution in [3.05, 3.63) is 30.3 Å². The zero-order valence-electron chi connectivity index (χ0n) is 13.1. The van der Waals surface area contributed by atoms with Crippen LogP contribution < -0.4 is 5.32 Å². The molecule has 2 aliphatic carbocycles. The second-order valence-corrected chi connectivity index (χ2v) is 6.97. The van der Waals surface area contributed by atoms with Crippen LogP contribution in [0.1, 0.15) is 51.9 Å². The summed E-state index contributed by atoms with van der Waals surface area (Å²) in [5.41, 5.74) is 0.930. The lowest BCUT2D eigenvalue weighted by atomic mass is 9.64. The Morgan fingerprint density at radius 2 is 1.76 bits per heavy atom. The molecule has 0 aromatic heterocycles. The van der Waals surface area contributed by atoms with Gasteiger partial charge in [0.1, 0.15) is 0 Å². The minimum atomic E-state index is 0.227. The van der Waals surface area contributed by atoms with Gasteiger partial charge >= 0.3 is 0 Å². The number of carbonyl (C=O) groups excluding carboxylic acids is 1. The molecule has 0 spiro atoms. The first-order valence-electron chi connectivity index (χ1n) is 8.62. The number of benzene rings is 1. The monoisotopic (exact) mass is 285 g/mol. The van der Waals surface area contributed by atoms with Crippen LogP contribution >= 0.6 is 0 Å². The number of amides is 1. The molecule has 3 rings (SSSR count). The molecule has 2 heteroatoms. The normalized spacial score (nSPS) is 32.2. The Hall–Kier alpha value is -1.31. The van der Waals surface area contributed by atoms with Crippen molar-refractivity contribution in [2.45, 2.75) is 51.9 Å². The Labute approximate surface area is 128 Å². The van der Waals surface area contributed by atoms with E-state index in [2.05, 4.69) is 12.2 Å². The number of fused-ring (bicyclic) bond motifs is 1. The lowest BCUT2D eigenvalue weighted by molar-refractivity contribution is -0.122. The van der Waals surface area contributed by atoms with Crippen molar-refractivity contribution in [1.82, 2.24) is 0 Å². The molecular formula is C19H27NO. The predicted octanol–water partition coefficient (Wildman–Crippen LogP) is 4.87. The Morgan fingerprint density at radius 1 is 1.05 bits per heavy atom. The Morgan fingerprint density at radius 3 is 2.52 bits per heavy atom. The first-order chi connectivity index (χ1) is 10.3. The number of nitrogens with one attached hydrogen (secondary N) is 1. The topological polar surface area (TPSA) is 29.1 Å². The molecule has 1 aromatic rings. The van der Waals surface area contributed by atoms with Crippen molar-refractivity contribution in [3.8, 4) is 0 Å². The summed E-state index contributed by atoms with van der Waals surface area (Å²) in [4.78, 5) is 12.5. The number of para-hydroxylation sites is 1. The van der Waals surface area contributed by atoms with E-state index in [1.54, 1.807) is 0 Å². The molecule has 0 bridgehead atoms. The quantitative estimate of drug-likeness (QED) is 0.843.